The Balaban J connectivity index is 1.57. The summed E-state index contributed by atoms with van der Waals surface area (Å²) < 4.78 is 22.5. The Kier molecular flexibility index (Phi) is 7.57. The molecule has 0 aliphatic carbocycles. The van der Waals surface area contributed by atoms with Gasteiger partial charge < -0.3 is 39.4 Å². The molecule has 4 N–H and O–H groups in total. The first kappa shape index (κ1) is 24.4. The van der Waals surface area contributed by atoms with E-state index in [-0.39, 0.29) is 6.10 Å². The summed E-state index contributed by atoms with van der Waals surface area (Å²) in [4.78, 5) is 0. The van der Waals surface area contributed by atoms with Crippen LogP contribution in [0.3, 0.4) is 0 Å². The minimum Gasteiger partial charge on any atom is -0.488 e. The highest BCUT2D eigenvalue weighted by molar-refractivity contribution is 6.31. The third kappa shape index (κ3) is 4.89. The second kappa shape index (κ2) is 10.2. The smallest absolute Gasteiger partial charge is 0.224 e. The van der Waals surface area contributed by atoms with Gasteiger partial charge in [0, 0.05) is 24.1 Å². The zero-order valence-electron chi connectivity index (χ0n) is 18.3. The van der Waals surface area contributed by atoms with Crippen molar-refractivity contribution >= 4 is 11.6 Å². The number of hydrogen-bond donors (Lipinski definition) is 4. The van der Waals surface area contributed by atoms with Crippen LogP contribution in [-0.4, -0.2) is 77.9 Å². The molecule has 0 amide bonds. The van der Waals surface area contributed by atoms with Gasteiger partial charge in [0.1, 0.15) is 36.3 Å². The zero-order valence-corrected chi connectivity index (χ0v) is 19.0. The van der Waals surface area contributed by atoms with Gasteiger partial charge in [-0.15, -0.1) is 0 Å². The van der Waals surface area contributed by atoms with E-state index in [9.17, 15) is 20.4 Å². The fraction of sp³-hybridized carbons (Fsp3) is 0.500. The number of halogens is 1. The van der Waals surface area contributed by atoms with Gasteiger partial charge in [-0.05, 0) is 41.8 Å². The normalized spacial score (nSPS) is 32.1. The quantitative estimate of drug-likeness (QED) is 0.469. The van der Waals surface area contributed by atoms with Crippen molar-refractivity contribution < 1.29 is 39.4 Å². The molecule has 2 saturated heterocycles. The van der Waals surface area contributed by atoms with Crippen LogP contribution in [0, 0.1) is 0 Å². The van der Waals surface area contributed by atoms with Crippen molar-refractivity contribution in [2.75, 3.05) is 26.9 Å². The molecule has 2 unspecified atom stereocenters. The van der Waals surface area contributed by atoms with Gasteiger partial charge >= 0.3 is 0 Å². The van der Waals surface area contributed by atoms with Gasteiger partial charge in [-0.1, -0.05) is 29.8 Å². The zero-order chi connectivity index (χ0) is 23.6. The van der Waals surface area contributed by atoms with Crippen molar-refractivity contribution in [1.29, 1.82) is 0 Å². The topological polar surface area (TPSA) is 118 Å². The third-order valence-electron chi connectivity index (χ3n) is 6.21. The standard InChI is InChI=1S/C24H29ClO8/c1-30-24(23(29)22(28)21(27)20(12-26)33-24)16-4-7-19(25)15(11-16)10-14-2-5-17(6-3-14)32-18-8-9-31-13-18/h2-7,11,18,20-23,26-29H,8-10,12-13H2,1H3/t18?,20-,21-,22+,23-,24?/m1/s1. The summed E-state index contributed by atoms with van der Waals surface area (Å²) in [5.41, 5.74) is 2.15. The summed E-state index contributed by atoms with van der Waals surface area (Å²) in [5, 5.41) is 41.3. The monoisotopic (exact) mass is 480 g/mol. The maximum atomic E-state index is 10.7. The molecule has 0 radical (unpaired) electrons. The molecule has 33 heavy (non-hydrogen) atoms. The second-order valence-electron chi connectivity index (χ2n) is 8.37. The van der Waals surface area contributed by atoms with Crippen LogP contribution in [-0.2, 0) is 26.4 Å². The van der Waals surface area contributed by atoms with Crippen LogP contribution in [0.1, 0.15) is 23.1 Å². The molecule has 2 aromatic rings. The van der Waals surface area contributed by atoms with Crippen LogP contribution in [0.5, 0.6) is 5.75 Å². The van der Waals surface area contributed by atoms with Gasteiger partial charge in [0.15, 0.2) is 0 Å². The number of benzene rings is 2. The Morgan fingerprint density at radius 1 is 1.09 bits per heavy atom. The molecule has 0 saturated carbocycles. The van der Waals surface area contributed by atoms with Crippen molar-refractivity contribution in [3.05, 3.63) is 64.2 Å². The maximum Gasteiger partial charge on any atom is 0.224 e. The lowest BCUT2D eigenvalue weighted by molar-refractivity contribution is -0.366. The predicted octanol–water partition coefficient (Wildman–Crippen LogP) is 1.37. The summed E-state index contributed by atoms with van der Waals surface area (Å²) in [7, 11) is 1.32. The van der Waals surface area contributed by atoms with E-state index < -0.39 is 36.8 Å². The molecule has 180 valence electrons. The summed E-state index contributed by atoms with van der Waals surface area (Å²) >= 11 is 6.45. The molecule has 0 bridgehead atoms. The lowest BCUT2D eigenvalue weighted by atomic mass is 9.87. The molecule has 2 aliphatic rings. The lowest BCUT2D eigenvalue weighted by Crippen LogP contribution is -2.64. The molecule has 8 nitrogen and oxygen atoms in total. The molecule has 2 fully saturated rings. The van der Waals surface area contributed by atoms with E-state index in [0.29, 0.717) is 30.2 Å². The Labute approximate surface area is 197 Å². The first-order valence-electron chi connectivity index (χ1n) is 10.9. The average Bonchev–Trinajstić information content (AvgIpc) is 3.34. The fourth-order valence-corrected chi connectivity index (χ4v) is 4.48. The highest BCUT2D eigenvalue weighted by Crippen LogP contribution is 2.40. The Morgan fingerprint density at radius 2 is 1.85 bits per heavy atom. The summed E-state index contributed by atoms with van der Waals surface area (Å²) in [5.74, 6) is -1.01. The number of aliphatic hydroxyl groups is 4. The number of aliphatic hydroxyl groups excluding tert-OH is 4. The fourth-order valence-electron chi connectivity index (χ4n) is 4.30. The number of ether oxygens (including phenoxy) is 4. The van der Waals surface area contributed by atoms with Gasteiger partial charge in [-0.25, -0.2) is 0 Å². The van der Waals surface area contributed by atoms with Crippen LogP contribution in [0.15, 0.2) is 42.5 Å². The molecule has 2 aliphatic heterocycles. The van der Waals surface area contributed by atoms with E-state index in [1.807, 2.05) is 24.3 Å². The molecule has 0 aromatic heterocycles. The SMILES string of the molecule is COC1(c2ccc(Cl)c(Cc3ccc(OC4CCOC4)cc3)c2)O[C@H](CO)[C@@H](O)[C@H](O)[C@H]1O. The average molecular weight is 481 g/mol. The second-order valence-corrected chi connectivity index (χ2v) is 8.77. The van der Waals surface area contributed by atoms with Gasteiger partial charge in [-0.3, -0.25) is 0 Å². The summed E-state index contributed by atoms with van der Waals surface area (Å²) in [6.07, 6.45) is -4.33. The van der Waals surface area contributed by atoms with Crippen LogP contribution in [0.25, 0.3) is 0 Å². The minimum absolute atomic E-state index is 0.0748. The number of hydrogen-bond acceptors (Lipinski definition) is 8. The highest BCUT2D eigenvalue weighted by Gasteiger charge is 2.55. The lowest BCUT2D eigenvalue weighted by Gasteiger charge is -2.47. The van der Waals surface area contributed by atoms with Gasteiger partial charge in [-0.2, -0.15) is 0 Å². The van der Waals surface area contributed by atoms with Crippen molar-refractivity contribution in [3.63, 3.8) is 0 Å². The van der Waals surface area contributed by atoms with Crippen molar-refractivity contribution in [2.45, 2.75) is 49.1 Å². The van der Waals surface area contributed by atoms with Gasteiger partial charge in [0.2, 0.25) is 5.79 Å². The van der Waals surface area contributed by atoms with E-state index in [1.54, 1.807) is 18.2 Å². The van der Waals surface area contributed by atoms with Gasteiger partial charge in [0.25, 0.3) is 0 Å². The van der Waals surface area contributed by atoms with E-state index in [2.05, 4.69) is 0 Å². The van der Waals surface area contributed by atoms with E-state index in [1.165, 1.54) is 7.11 Å². The third-order valence-corrected chi connectivity index (χ3v) is 6.58. The van der Waals surface area contributed by atoms with Gasteiger partial charge in [0.05, 0.1) is 19.8 Å². The molecular formula is C24H29ClO8. The summed E-state index contributed by atoms with van der Waals surface area (Å²) in [6, 6.07) is 12.7. The maximum absolute atomic E-state index is 10.7. The first-order valence-corrected chi connectivity index (χ1v) is 11.3. The number of methoxy groups -OCH3 is 1. The first-order chi connectivity index (χ1) is 15.9. The Morgan fingerprint density at radius 3 is 2.48 bits per heavy atom. The molecule has 2 heterocycles. The Bertz CT molecular complexity index is 931. The minimum atomic E-state index is -1.79. The molecule has 2 aromatic carbocycles. The molecule has 9 heteroatoms. The number of rotatable bonds is 7. The van der Waals surface area contributed by atoms with Crippen LogP contribution in [0.2, 0.25) is 5.02 Å². The van der Waals surface area contributed by atoms with Crippen LogP contribution in [0.4, 0.5) is 0 Å². The molecule has 6 atom stereocenters. The van der Waals surface area contributed by atoms with E-state index in [4.69, 9.17) is 30.5 Å². The highest BCUT2D eigenvalue weighted by atomic mass is 35.5. The predicted molar refractivity (Wildman–Crippen MR) is 119 cm³/mol. The molecule has 0 spiro atoms. The van der Waals surface area contributed by atoms with Crippen LogP contribution >= 0.6 is 11.6 Å². The van der Waals surface area contributed by atoms with Crippen molar-refractivity contribution in [2.24, 2.45) is 0 Å². The van der Waals surface area contributed by atoms with Crippen molar-refractivity contribution in [3.8, 4) is 5.75 Å². The van der Waals surface area contributed by atoms with Crippen LogP contribution < -0.4 is 4.74 Å². The Hall–Kier alpha value is -1.75. The van der Waals surface area contributed by atoms with E-state index in [0.717, 1.165) is 23.3 Å². The van der Waals surface area contributed by atoms with Crippen molar-refractivity contribution in [1.82, 2.24) is 0 Å². The largest absolute Gasteiger partial charge is 0.488 e. The van der Waals surface area contributed by atoms with E-state index >= 15 is 0 Å². The summed E-state index contributed by atoms with van der Waals surface area (Å²) in [6.45, 7) is 0.758. The molecule has 4 rings (SSSR count). The molecular weight excluding hydrogens is 452 g/mol.